The van der Waals surface area contributed by atoms with E-state index >= 15 is 0 Å². The highest BCUT2D eigenvalue weighted by atomic mass is 32.1. The van der Waals surface area contributed by atoms with Crippen LogP contribution in [0.25, 0.3) is 10.6 Å². The molecule has 0 unspecified atom stereocenters. The van der Waals surface area contributed by atoms with E-state index in [0.717, 1.165) is 17.2 Å². The molecule has 2 aromatic heterocycles. The summed E-state index contributed by atoms with van der Waals surface area (Å²) in [7, 11) is 0. The molecule has 0 radical (unpaired) electrons. The third-order valence-corrected chi connectivity index (χ3v) is 4.31. The zero-order chi connectivity index (χ0) is 12.2. The van der Waals surface area contributed by atoms with Crippen molar-refractivity contribution in [3.8, 4) is 10.6 Å². The van der Waals surface area contributed by atoms with Crippen molar-refractivity contribution in [1.29, 1.82) is 0 Å². The van der Waals surface area contributed by atoms with Gasteiger partial charge in [-0.1, -0.05) is 6.07 Å². The first-order valence-corrected chi connectivity index (χ1v) is 7.44. The molecule has 0 amide bonds. The molecule has 4 heteroatoms. The number of benzene rings is 1. The van der Waals surface area contributed by atoms with Crippen LogP contribution in [0.3, 0.4) is 0 Å². The van der Waals surface area contributed by atoms with Gasteiger partial charge in [0.15, 0.2) is 0 Å². The largest absolute Gasteiger partial charge is 0.380 e. The monoisotopic (exact) mass is 272 g/mol. The Bertz CT molecular complexity index is 583. The number of anilines is 1. The highest BCUT2D eigenvalue weighted by Crippen LogP contribution is 2.23. The first-order chi connectivity index (χ1) is 8.92. The molecule has 0 aliphatic heterocycles. The van der Waals surface area contributed by atoms with Crippen LogP contribution in [0.5, 0.6) is 0 Å². The summed E-state index contributed by atoms with van der Waals surface area (Å²) >= 11 is 3.44. The molecule has 3 rings (SSSR count). The van der Waals surface area contributed by atoms with Crippen molar-refractivity contribution in [2.75, 3.05) is 5.32 Å². The summed E-state index contributed by atoms with van der Waals surface area (Å²) in [6.07, 6.45) is 1.84. The molecule has 0 bridgehead atoms. The summed E-state index contributed by atoms with van der Waals surface area (Å²) in [6.45, 7) is 0.883. The zero-order valence-corrected chi connectivity index (χ0v) is 11.3. The molecule has 90 valence electrons. The van der Waals surface area contributed by atoms with Gasteiger partial charge in [0.05, 0.1) is 0 Å². The lowest BCUT2D eigenvalue weighted by Gasteiger charge is -2.05. The van der Waals surface area contributed by atoms with Gasteiger partial charge in [-0.25, -0.2) is 4.98 Å². The maximum atomic E-state index is 4.30. The van der Waals surface area contributed by atoms with Gasteiger partial charge in [-0.05, 0) is 35.7 Å². The molecule has 0 saturated heterocycles. The van der Waals surface area contributed by atoms with E-state index in [4.69, 9.17) is 0 Å². The maximum Gasteiger partial charge on any atom is 0.123 e. The van der Waals surface area contributed by atoms with Crippen LogP contribution in [-0.4, -0.2) is 4.98 Å². The van der Waals surface area contributed by atoms with Gasteiger partial charge in [0.2, 0.25) is 0 Å². The normalized spacial score (nSPS) is 10.4. The summed E-state index contributed by atoms with van der Waals surface area (Å²) < 4.78 is 0. The number of nitrogens with one attached hydrogen (secondary N) is 1. The van der Waals surface area contributed by atoms with Gasteiger partial charge in [0, 0.05) is 34.2 Å². The van der Waals surface area contributed by atoms with Crippen LogP contribution in [0.15, 0.2) is 53.4 Å². The van der Waals surface area contributed by atoms with E-state index in [1.165, 1.54) is 10.4 Å². The second-order valence-corrected chi connectivity index (χ2v) is 5.77. The van der Waals surface area contributed by atoms with Crippen molar-refractivity contribution < 1.29 is 0 Å². The Morgan fingerprint density at radius 2 is 1.89 bits per heavy atom. The van der Waals surface area contributed by atoms with E-state index in [2.05, 4.69) is 52.1 Å². The van der Waals surface area contributed by atoms with Crippen molar-refractivity contribution in [1.82, 2.24) is 4.98 Å². The fourth-order valence-corrected chi connectivity index (χ4v) is 2.99. The summed E-state index contributed by atoms with van der Waals surface area (Å²) in [6, 6.07) is 12.6. The van der Waals surface area contributed by atoms with Crippen molar-refractivity contribution in [2.45, 2.75) is 6.54 Å². The van der Waals surface area contributed by atoms with Gasteiger partial charge in [-0.2, -0.15) is 0 Å². The molecule has 2 heterocycles. The van der Waals surface area contributed by atoms with Gasteiger partial charge in [0.25, 0.3) is 0 Å². The fraction of sp³-hybridized carbons (Fsp3) is 0.0714. The molecular formula is C14H12N2S2. The molecule has 0 spiro atoms. The van der Waals surface area contributed by atoms with Crippen LogP contribution in [-0.2, 0) is 6.54 Å². The molecule has 1 aromatic carbocycles. The molecule has 18 heavy (non-hydrogen) atoms. The van der Waals surface area contributed by atoms with Crippen LogP contribution >= 0.6 is 22.7 Å². The number of nitrogens with zero attached hydrogens (tertiary/aromatic N) is 1. The fourth-order valence-electron chi connectivity index (χ4n) is 1.70. The summed E-state index contributed by atoms with van der Waals surface area (Å²) in [5.74, 6) is 0. The van der Waals surface area contributed by atoms with Crippen molar-refractivity contribution >= 4 is 28.4 Å². The minimum absolute atomic E-state index is 0.883. The molecule has 0 fully saturated rings. The van der Waals surface area contributed by atoms with Crippen molar-refractivity contribution in [3.05, 3.63) is 58.2 Å². The lowest BCUT2D eigenvalue weighted by atomic mass is 10.2. The maximum absolute atomic E-state index is 4.30. The van der Waals surface area contributed by atoms with E-state index in [1.54, 1.807) is 22.7 Å². The highest BCUT2D eigenvalue weighted by molar-refractivity contribution is 7.13. The lowest BCUT2D eigenvalue weighted by Crippen LogP contribution is -1.96. The predicted octanol–water partition coefficient (Wildman–Crippen LogP) is 4.48. The van der Waals surface area contributed by atoms with Gasteiger partial charge < -0.3 is 5.32 Å². The van der Waals surface area contributed by atoms with Crippen LogP contribution < -0.4 is 5.32 Å². The summed E-state index contributed by atoms with van der Waals surface area (Å²) in [5, 5.41) is 8.58. The first-order valence-electron chi connectivity index (χ1n) is 5.68. The van der Waals surface area contributed by atoms with E-state index < -0.39 is 0 Å². The Morgan fingerprint density at radius 3 is 2.56 bits per heavy atom. The second-order valence-electron chi connectivity index (χ2n) is 3.85. The van der Waals surface area contributed by atoms with E-state index in [1.807, 2.05) is 11.6 Å². The van der Waals surface area contributed by atoms with Crippen LogP contribution in [0.1, 0.15) is 4.88 Å². The molecule has 0 atom stereocenters. The number of thiophene rings is 1. The third-order valence-electron chi connectivity index (χ3n) is 2.61. The molecule has 2 nitrogen and oxygen atoms in total. The van der Waals surface area contributed by atoms with Crippen LogP contribution in [0, 0.1) is 0 Å². The Balaban J connectivity index is 1.68. The van der Waals surface area contributed by atoms with E-state index in [-0.39, 0.29) is 0 Å². The second kappa shape index (κ2) is 5.33. The number of hydrogen-bond acceptors (Lipinski definition) is 4. The molecule has 0 saturated carbocycles. The Hall–Kier alpha value is -1.65. The molecule has 0 aliphatic carbocycles. The Kier molecular flexibility index (Phi) is 3.39. The Morgan fingerprint density at radius 1 is 1.00 bits per heavy atom. The molecule has 0 aliphatic rings. The highest BCUT2D eigenvalue weighted by Gasteiger charge is 2.00. The third kappa shape index (κ3) is 2.60. The minimum atomic E-state index is 0.883. The van der Waals surface area contributed by atoms with Crippen LogP contribution in [0.2, 0.25) is 0 Å². The average molecular weight is 272 g/mol. The topological polar surface area (TPSA) is 24.9 Å². The smallest absolute Gasteiger partial charge is 0.123 e. The van der Waals surface area contributed by atoms with E-state index in [0.29, 0.717) is 0 Å². The molecule has 1 N–H and O–H groups in total. The zero-order valence-electron chi connectivity index (χ0n) is 9.67. The standard InChI is InChI=1S/C14H12N2S2/c1-2-13(17-8-1)10-16-12-5-3-11(4-6-12)14-15-7-9-18-14/h1-9,16H,10H2. The van der Waals surface area contributed by atoms with Gasteiger partial charge in [-0.3, -0.25) is 0 Å². The average Bonchev–Trinajstić information content (AvgIpc) is 3.10. The molecular weight excluding hydrogens is 260 g/mol. The van der Waals surface area contributed by atoms with Crippen molar-refractivity contribution in [2.24, 2.45) is 0 Å². The minimum Gasteiger partial charge on any atom is -0.380 e. The SMILES string of the molecule is c1csc(CNc2ccc(-c3nccs3)cc2)c1. The number of hydrogen-bond donors (Lipinski definition) is 1. The first kappa shape index (κ1) is 11.4. The molecule has 3 aromatic rings. The quantitative estimate of drug-likeness (QED) is 0.757. The van der Waals surface area contributed by atoms with Gasteiger partial charge in [0.1, 0.15) is 5.01 Å². The van der Waals surface area contributed by atoms with Gasteiger partial charge >= 0.3 is 0 Å². The van der Waals surface area contributed by atoms with E-state index in [9.17, 15) is 0 Å². The van der Waals surface area contributed by atoms with Crippen molar-refractivity contribution in [3.63, 3.8) is 0 Å². The number of rotatable bonds is 4. The summed E-state index contributed by atoms with van der Waals surface area (Å²) in [5.41, 5.74) is 2.32. The van der Waals surface area contributed by atoms with Gasteiger partial charge in [-0.15, -0.1) is 22.7 Å². The predicted molar refractivity (Wildman–Crippen MR) is 79.2 cm³/mol. The van der Waals surface area contributed by atoms with Crippen LogP contribution in [0.4, 0.5) is 5.69 Å². The Labute approximate surface area is 114 Å². The lowest BCUT2D eigenvalue weighted by molar-refractivity contribution is 1.19. The number of thiazole rings is 1. The summed E-state index contributed by atoms with van der Waals surface area (Å²) in [4.78, 5) is 5.65. The number of aromatic nitrogens is 1.